The summed E-state index contributed by atoms with van der Waals surface area (Å²) in [4.78, 5) is 0.237. The molecule has 1 aliphatic carbocycles. The van der Waals surface area contributed by atoms with Crippen LogP contribution in [0.25, 0.3) is 0 Å². The van der Waals surface area contributed by atoms with Crippen molar-refractivity contribution >= 4 is 21.6 Å². The molecule has 6 heteroatoms. The molecule has 2 unspecified atom stereocenters. The lowest BCUT2D eigenvalue weighted by Gasteiger charge is -2.17. The van der Waals surface area contributed by atoms with Crippen molar-refractivity contribution in [1.82, 2.24) is 4.72 Å². The maximum atomic E-state index is 12.5. The first kappa shape index (κ1) is 16.7. The molecule has 3 N–H and O–H groups in total. The van der Waals surface area contributed by atoms with Crippen molar-refractivity contribution in [2.75, 3.05) is 6.54 Å². The number of benzene rings is 1. The third-order valence-electron chi connectivity index (χ3n) is 4.52. The first-order chi connectivity index (χ1) is 9.85. The maximum Gasteiger partial charge on any atom is 0.240 e. The lowest BCUT2D eigenvalue weighted by Crippen LogP contribution is -2.31. The first-order valence-electron chi connectivity index (χ1n) is 7.34. The van der Waals surface area contributed by atoms with E-state index in [1.54, 1.807) is 13.0 Å². The third-order valence-corrected chi connectivity index (χ3v) is 6.28. The van der Waals surface area contributed by atoms with E-state index < -0.39 is 10.0 Å². The van der Waals surface area contributed by atoms with E-state index >= 15 is 0 Å². The van der Waals surface area contributed by atoms with Crippen LogP contribution in [-0.2, 0) is 16.6 Å². The molecule has 4 nitrogen and oxygen atoms in total. The molecule has 0 amide bonds. The third kappa shape index (κ3) is 3.77. The van der Waals surface area contributed by atoms with Gasteiger partial charge in [0, 0.05) is 18.1 Å². The standard InChI is InChI=1S/C15H23ClN2O2S/c1-10-4-3-5-12(10)9-18-21(19,20)15-7-14(16)6-13(8-17)11(15)2/h6-7,10,12,18H,3-5,8-9,17H2,1-2H3. The van der Waals surface area contributed by atoms with Crippen LogP contribution in [0.4, 0.5) is 0 Å². The van der Waals surface area contributed by atoms with Crippen molar-refractivity contribution in [3.05, 3.63) is 28.3 Å². The molecule has 0 saturated heterocycles. The molecule has 1 aliphatic rings. The average Bonchev–Trinajstić information content (AvgIpc) is 2.84. The molecule has 0 radical (unpaired) electrons. The Hall–Kier alpha value is -0.620. The van der Waals surface area contributed by atoms with E-state index in [2.05, 4.69) is 11.6 Å². The number of sulfonamides is 1. The summed E-state index contributed by atoms with van der Waals surface area (Å²) in [5.41, 5.74) is 7.09. The summed E-state index contributed by atoms with van der Waals surface area (Å²) >= 11 is 6.01. The highest BCUT2D eigenvalue weighted by Gasteiger charge is 2.26. The van der Waals surface area contributed by atoms with Crippen LogP contribution in [0, 0.1) is 18.8 Å². The van der Waals surface area contributed by atoms with E-state index in [-0.39, 0.29) is 11.4 Å². The maximum absolute atomic E-state index is 12.5. The summed E-state index contributed by atoms with van der Waals surface area (Å²) in [7, 11) is -3.55. The van der Waals surface area contributed by atoms with Gasteiger partial charge in [-0.2, -0.15) is 0 Å². The van der Waals surface area contributed by atoms with Crippen LogP contribution < -0.4 is 10.5 Å². The van der Waals surface area contributed by atoms with Crippen LogP contribution in [0.15, 0.2) is 17.0 Å². The molecule has 21 heavy (non-hydrogen) atoms. The molecular formula is C15H23ClN2O2S. The first-order valence-corrected chi connectivity index (χ1v) is 9.20. The summed E-state index contributed by atoms with van der Waals surface area (Å²) < 4.78 is 27.8. The molecule has 1 saturated carbocycles. The number of rotatable bonds is 5. The topological polar surface area (TPSA) is 72.2 Å². The van der Waals surface area contributed by atoms with Crippen LogP contribution >= 0.6 is 11.6 Å². The van der Waals surface area contributed by atoms with Gasteiger partial charge in [-0.25, -0.2) is 13.1 Å². The van der Waals surface area contributed by atoms with Crippen LogP contribution in [-0.4, -0.2) is 15.0 Å². The van der Waals surface area contributed by atoms with Crippen molar-refractivity contribution in [1.29, 1.82) is 0 Å². The van der Waals surface area contributed by atoms with Gasteiger partial charge in [0.2, 0.25) is 10.0 Å². The van der Waals surface area contributed by atoms with Gasteiger partial charge in [0.05, 0.1) is 4.90 Å². The summed E-state index contributed by atoms with van der Waals surface area (Å²) in [6.07, 6.45) is 3.45. The second-order valence-corrected chi connectivity index (χ2v) is 8.08. The molecule has 0 spiro atoms. The zero-order chi connectivity index (χ0) is 15.6. The lowest BCUT2D eigenvalue weighted by atomic mass is 9.99. The summed E-state index contributed by atoms with van der Waals surface area (Å²) in [6.45, 7) is 4.72. The van der Waals surface area contributed by atoms with Gasteiger partial charge in [0.25, 0.3) is 0 Å². The zero-order valence-corrected chi connectivity index (χ0v) is 14.1. The Morgan fingerprint density at radius 3 is 2.67 bits per heavy atom. The Morgan fingerprint density at radius 1 is 1.38 bits per heavy atom. The van der Waals surface area contributed by atoms with Crippen molar-refractivity contribution < 1.29 is 8.42 Å². The monoisotopic (exact) mass is 330 g/mol. The molecule has 0 aromatic heterocycles. The van der Waals surface area contributed by atoms with Crippen LogP contribution in [0.5, 0.6) is 0 Å². The highest BCUT2D eigenvalue weighted by atomic mass is 35.5. The molecule has 1 aromatic rings. The van der Waals surface area contributed by atoms with Gasteiger partial charge in [0.1, 0.15) is 0 Å². The van der Waals surface area contributed by atoms with Gasteiger partial charge in [-0.15, -0.1) is 0 Å². The van der Waals surface area contributed by atoms with E-state index in [0.29, 0.717) is 29.0 Å². The smallest absolute Gasteiger partial charge is 0.240 e. The largest absolute Gasteiger partial charge is 0.326 e. The summed E-state index contributed by atoms with van der Waals surface area (Å²) in [6, 6.07) is 3.21. The number of hydrogen-bond donors (Lipinski definition) is 2. The molecule has 0 bridgehead atoms. The molecule has 0 aliphatic heterocycles. The summed E-state index contributed by atoms with van der Waals surface area (Å²) in [5.74, 6) is 1.00. The van der Waals surface area contributed by atoms with Crippen LogP contribution in [0.2, 0.25) is 5.02 Å². The predicted molar refractivity (Wildman–Crippen MR) is 85.8 cm³/mol. The second-order valence-electron chi connectivity index (χ2n) is 5.91. The Labute approximate surface area is 132 Å². The van der Waals surface area contributed by atoms with Gasteiger partial charge in [-0.3, -0.25) is 0 Å². The Kier molecular flexibility index (Phi) is 5.30. The highest BCUT2D eigenvalue weighted by molar-refractivity contribution is 7.89. The van der Waals surface area contributed by atoms with Crippen molar-refractivity contribution in [3.63, 3.8) is 0 Å². The van der Waals surface area contributed by atoms with Gasteiger partial charge in [0.15, 0.2) is 0 Å². The molecule has 2 rings (SSSR count). The molecule has 118 valence electrons. The van der Waals surface area contributed by atoms with Gasteiger partial charge < -0.3 is 5.73 Å². The van der Waals surface area contributed by atoms with Crippen molar-refractivity contribution in [2.24, 2.45) is 17.6 Å². The number of nitrogens with two attached hydrogens (primary N) is 1. The summed E-state index contributed by atoms with van der Waals surface area (Å²) in [5, 5.41) is 0.399. The fourth-order valence-corrected chi connectivity index (χ4v) is 4.73. The second kappa shape index (κ2) is 6.65. The van der Waals surface area contributed by atoms with Crippen molar-refractivity contribution in [3.8, 4) is 0 Å². The van der Waals surface area contributed by atoms with E-state index in [9.17, 15) is 8.42 Å². The highest BCUT2D eigenvalue weighted by Crippen LogP contribution is 2.31. The van der Waals surface area contributed by atoms with Crippen LogP contribution in [0.1, 0.15) is 37.3 Å². The van der Waals surface area contributed by atoms with Gasteiger partial charge in [-0.05, 0) is 48.4 Å². The molecule has 0 heterocycles. The number of halogens is 1. The Morgan fingerprint density at radius 2 is 2.10 bits per heavy atom. The predicted octanol–water partition coefficient (Wildman–Crippen LogP) is 2.82. The van der Waals surface area contributed by atoms with Gasteiger partial charge >= 0.3 is 0 Å². The molecule has 1 fully saturated rings. The minimum absolute atomic E-state index is 0.237. The SMILES string of the molecule is Cc1c(CN)cc(Cl)cc1S(=O)(=O)NCC1CCCC1C. The molecule has 1 aromatic carbocycles. The Balaban J connectivity index is 2.21. The molecular weight excluding hydrogens is 308 g/mol. The van der Waals surface area contributed by atoms with E-state index in [0.717, 1.165) is 12.0 Å². The lowest BCUT2D eigenvalue weighted by molar-refractivity contribution is 0.414. The van der Waals surface area contributed by atoms with Gasteiger partial charge in [-0.1, -0.05) is 31.4 Å². The average molecular weight is 331 g/mol. The van der Waals surface area contributed by atoms with E-state index in [1.807, 2.05) is 0 Å². The number of hydrogen-bond acceptors (Lipinski definition) is 3. The van der Waals surface area contributed by atoms with Crippen LogP contribution in [0.3, 0.4) is 0 Å². The fraction of sp³-hybridized carbons (Fsp3) is 0.600. The minimum Gasteiger partial charge on any atom is -0.326 e. The fourth-order valence-electron chi connectivity index (χ4n) is 3.02. The van der Waals surface area contributed by atoms with Crippen molar-refractivity contribution in [2.45, 2.75) is 44.6 Å². The minimum atomic E-state index is -3.55. The normalized spacial score (nSPS) is 22.7. The van der Waals surface area contributed by atoms with E-state index in [4.69, 9.17) is 17.3 Å². The molecule has 2 atom stereocenters. The Bertz CT molecular complexity index is 616. The van der Waals surface area contributed by atoms with E-state index in [1.165, 1.54) is 18.9 Å². The number of nitrogens with one attached hydrogen (secondary N) is 1. The quantitative estimate of drug-likeness (QED) is 0.872. The zero-order valence-electron chi connectivity index (χ0n) is 12.5.